The number of hydrogen-bond acceptors (Lipinski definition) is 2. The third-order valence-electron chi connectivity index (χ3n) is 5.65. The van der Waals surface area contributed by atoms with E-state index in [1.807, 2.05) is 0 Å². The topological polar surface area (TPSA) is 18.5 Å². The van der Waals surface area contributed by atoms with Crippen molar-refractivity contribution in [3.63, 3.8) is 0 Å². The van der Waals surface area contributed by atoms with Gasteiger partial charge in [-0.05, 0) is 37.0 Å². The van der Waals surface area contributed by atoms with Crippen molar-refractivity contribution < 1.29 is 9.47 Å². The van der Waals surface area contributed by atoms with E-state index in [0.29, 0.717) is 11.8 Å². The number of unbranched alkanes of at least 4 members (excludes halogenated alkanes) is 8. The van der Waals surface area contributed by atoms with Crippen molar-refractivity contribution in [1.82, 2.24) is 0 Å². The Labute approximate surface area is 184 Å². The molecule has 2 heteroatoms. The molecule has 0 spiro atoms. The third kappa shape index (κ3) is 24.1. The third-order valence-corrected chi connectivity index (χ3v) is 5.65. The lowest BCUT2D eigenvalue weighted by atomic mass is 9.98. The van der Waals surface area contributed by atoms with Gasteiger partial charge in [0, 0.05) is 19.1 Å². The Morgan fingerprint density at radius 3 is 1.21 bits per heavy atom. The Bertz CT molecular complexity index is 286. The van der Waals surface area contributed by atoms with Gasteiger partial charge in [-0.2, -0.15) is 0 Å². The van der Waals surface area contributed by atoms with Crippen molar-refractivity contribution >= 4 is 0 Å². The number of hydrogen-bond donors (Lipinski definition) is 0. The van der Waals surface area contributed by atoms with Crippen molar-refractivity contribution in [2.24, 2.45) is 23.7 Å². The number of rotatable bonds is 22. The van der Waals surface area contributed by atoms with Crippen molar-refractivity contribution in [2.75, 3.05) is 26.4 Å². The van der Waals surface area contributed by atoms with Crippen LogP contribution in [0.3, 0.4) is 0 Å². The summed E-state index contributed by atoms with van der Waals surface area (Å²) in [5, 5.41) is 0. The molecule has 0 saturated heterocycles. The second-order valence-electron chi connectivity index (χ2n) is 10.5. The van der Waals surface area contributed by atoms with E-state index >= 15 is 0 Å². The molecule has 0 aromatic heterocycles. The standard InChI is InChI=1S/C27H56O2/c1-24(2)17-13-9-7-11-15-19-28-22-27(21-26(5)6)23-29-20-16-12-8-10-14-18-25(3)4/h24-27H,7-23H2,1-6H3. The highest BCUT2D eigenvalue weighted by Crippen LogP contribution is 2.15. The molecular weight excluding hydrogens is 356 g/mol. The van der Waals surface area contributed by atoms with Crippen molar-refractivity contribution in [3.8, 4) is 0 Å². The maximum atomic E-state index is 6.00. The highest BCUT2D eigenvalue weighted by atomic mass is 16.5. The minimum Gasteiger partial charge on any atom is -0.381 e. The van der Waals surface area contributed by atoms with Crippen LogP contribution in [0.2, 0.25) is 0 Å². The lowest BCUT2D eigenvalue weighted by Crippen LogP contribution is -2.19. The van der Waals surface area contributed by atoms with E-state index in [0.717, 1.165) is 38.3 Å². The van der Waals surface area contributed by atoms with Crippen LogP contribution >= 0.6 is 0 Å². The Balaban J connectivity index is 3.59. The molecule has 0 fully saturated rings. The second kappa shape index (κ2) is 21.2. The molecule has 0 radical (unpaired) electrons. The molecule has 0 bridgehead atoms. The van der Waals surface area contributed by atoms with Crippen molar-refractivity contribution in [2.45, 2.75) is 125 Å². The first-order valence-electron chi connectivity index (χ1n) is 13.1. The van der Waals surface area contributed by atoms with Gasteiger partial charge in [0.1, 0.15) is 0 Å². The second-order valence-corrected chi connectivity index (χ2v) is 10.5. The summed E-state index contributed by atoms with van der Waals surface area (Å²) in [4.78, 5) is 0. The predicted octanol–water partition coefficient (Wildman–Crippen LogP) is 8.68. The van der Waals surface area contributed by atoms with E-state index < -0.39 is 0 Å². The average Bonchev–Trinajstić information content (AvgIpc) is 2.64. The van der Waals surface area contributed by atoms with E-state index in [2.05, 4.69) is 41.5 Å². The van der Waals surface area contributed by atoms with Gasteiger partial charge >= 0.3 is 0 Å². The smallest absolute Gasteiger partial charge is 0.0516 e. The summed E-state index contributed by atoms with van der Waals surface area (Å²) < 4.78 is 12.0. The van der Waals surface area contributed by atoms with Crippen molar-refractivity contribution in [3.05, 3.63) is 0 Å². The van der Waals surface area contributed by atoms with E-state index in [1.165, 1.54) is 83.5 Å². The molecular formula is C27H56O2. The highest BCUT2D eigenvalue weighted by molar-refractivity contribution is 4.61. The van der Waals surface area contributed by atoms with Gasteiger partial charge in [-0.3, -0.25) is 0 Å². The van der Waals surface area contributed by atoms with Gasteiger partial charge in [0.2, 0.25) is 0 Å². The fourth-order valence-corrected chi connectivity index (χ4v) is 3.92. The minimum atomic E-state index is 0.562. The van der Waals surface area contributed by atoms with Crippen LogP contribution in [0.15, 0.2) is 0 Å². The van der Waals surface area contributed by atoms with E-state index in [4.69, 9.17) is 9.47 Å². The fraction of sp³-hybridized carbons (Fsp3) is 1.00. The minimum absolute atomic E-state index is 0.562. The molecule has 0 atom stereocenters. The molecule has 0 heterocycles. The van der Waals surface area contributed by atoms with Gasteiger partial charge in [0.05, 0.1) is 13.2 Å². The lowest BCUT2D eigenvalue weighted by Gasteiger charge is -2.19. The first-order valence-corrected chi connectivity index (χ1v) is 13.1. The Kier molecular flexibility index (Phi) is 21.1. The van der Waals surface area contributed by atoms with Crippen LogP contribution in [0.5, 0.6) is 0 Å². The Morgan fingerprint density at radius 1 is 0.448 bits per heavy atom. The Hall–Kier alpha value is -0.0800. The zero-order chi connectivity index (χ0) is 21.7. The van der Waals surface area contributed by atoms with Crippen LogP contribution in [-0.2, 0) is 9.47 Å². The molecule has 0 saturated carbocycles. The summed E-state index contributed by atoms with van der Waals surface area (Å²) in [5.41, 5.74) is 0. The summed E-state index contributed by atoms with van der Waals surface area (Å²) in [6.07, 6.45) is 17.3. The fourth-order valence-electron chi connectivity index (χ4n) is 3.92. The maximum absolute atomic E-state index is 6.00. The van der Waals surface area contributed by atoms with Gasteiger partial charge in [-0.25, -0.2) is 0 Å². The van der Waals surface area contributed by atoms with Crippen LogP contribution in [0.4, 0.5) is 0 Å². The summed E-state index contributed by atoms with van der Waals surface area (Å²) in [5.74, 6) is 2.99. The van der Waals surface area contributed by atoms with Gasteiger partial charge < -0.3 is 9.47 Å². The first kappa shape index (κ1) is 28.9. The van der Waals surface area contributed by atoms with Crippen molar-refractivity contribution in [1.29, 1.82) is 0 Å². The van der Waals surface area contributed by atoms with Gasteiger partial charge in [-0.15, -0.1) is 0 Å². The molecule has 0 aliphatic heterocycles. The van der Waals surface area contributed by atoms with Gasteiger partial charge in [0.15, 0.2) is 0 Å². The summed E-state index contributed by atoms with van der Waals surface area (Å²) in [6.45, 7) is 17.5. The summed E-state index contributed by atoms with van der Waals surface area (Å²) >= 11 is 0. The maximum Gasteiger partial charge on any atom is 0.0516 e. The van der Waals surface area contributed by atoms with E-state index in [1.54, 1.807) is 0 Å². The van der Waals surface area contributed by atoms with Crippen LogP contribution in [0, 0.1) is 23.7 Å². The normalized spacial score (nSPS) is 12.2. The molecule has 0 aromatic carbocycles. The molecule has 0 aliphatic carbocycles. The molecule has 0 unspecified atom stereocenters. The zero-order valence-corrected chi connectivity index (χ0v) is 21.1. The number of ether oxygens (including phenoxy) is 2. The quantitative estimate of drug-likeness (QED) is 0.166. The van der Waals surface area contributed by atoms with E-state index in [-0.39, 0.29) is 0 Å². The zero-order valence-electron chi connectivity index (χ0n) is 21.1. The summed E-state index contributed by atoms with van der Waals surface area (Å²) in [7, 11) is 0. The Morgan fingerprint density at radius 2 is 0.828 bits per heavy atom. The van der Waals surface area contributed by atoms with E-state index in [9.17, 15) is 0 Å². The molecule has 0 N–H and O–H groups in total. The molecule has 0 aromatic rings. The SMILES string of the molecule is CC(C)CCCCCCCOCC(COCCCCCCCC(C)C)CC(C)C. The average molecular weight is 413 g/mol. The van der Waals surface area contributed by atoms with Crippen LogP contribution < -0.4 is 0 Å². The largest absolute Gasteiger partial charge is 0.381 e. The predicted molar refractivity (Wildman–Crippen MR) is 130 cm³/mol. The lowest BCUT2D eigenvalue weighted by molar-refractivity contribution is 0.0292. The highest BCUT2D eigenvalue weighted by Gasteiger charge is 2.11. The van der Waals surface area contributed by atoms with Crippen LogP contribution in [-0.4, -0.2) is 26.4 Å². The van der Waals surface area contributed by atoms with Gasteiger partial charge in [0.25, 0.3) is 0 Å². The summed E-state index contributed by atoms with van der Waals surface area (Å²) in [6, 6.07) is 0. The monoisotopic (exact) mass is 412 g/mol. The molecule has 176 valence electrons. The van der Waals surface area contributed by atoms with Crippen LogP contribution in [0.25, 0.3) is 0 Å². The first-order chi connectivity index (χ1) is 13.9. The molecule has 2 nitrogen and oxygen atoms in total. The van der Waals surface area contributed by atoms with Gasteiger partial charge in [-0.1, -0.05) is 106 Å². The molecule has 29 heavy (non-hydrogen) atoms. The molecule has 0 aliphatic rings. The molecule has 0 rings (SSSR count). The van der Waals surface area contributed by atoms with Crippen LogP contribution in [0.1, 0.15) is 125 Å². The molecule has 0 amide bonds.